The molecule has 1 aliphatic rings. The Hall–Kier alpha value is -4.11. The van der Waals surface area contributed by atoms with Gasteiger partial charge in [0.1, 0.15) is 22.3 Å². The van der Waals surface area contributed by atoms with Crippen molar-refractivity contribution in [2.75, 3.05) is 79.8 Å². The van der Waals surface area contributed by atoms with Gasteiger partial charge in [-0.1, -0.05) is 60.5 Å². The molecular weight excluding hydrogens is 755 g/mol. The number of piperazine rings is 1. The van der Waals surface area contributed by atoms with Crippen LogP contribution >= 0.6 is 34.5 Å². The van der Waals surface area contributed by atoms with Crippen LogP contribution in [0.2, 0.25) is 10.0 Å². The average Bonchev–Trinajstić information content (AvgIpc) is 3.64. The second-order valence-electron chi connectivity index (χ2n) is 13.5. The van der Waals surface area contributed by atoms with Gasteiger partial charge in [0.2, 0.25) is 0 Å². The third-order valence-corrected chi connectivity index (χ3v) is 10.9. The predicted molar refractivity (Wildman–Crippen MR) is 229 cm³/mol. The molecule has 6 rings (SSSR count). The molecule has 55 heavy (non-hydrogen) atoms. The smallest absolute Gasteiger partial charge is 0.267 e. The minimum absolute atomic E-state index is 0.173. The zero-order chi connectivity index (χ0) is 39.3. The number of fused-ring (bicyclic) bond motifs is 1. The summed E-state index contributed by atoms with van der Waals surface area (Å²) in [4.78, 5) is 37.8. The molecule has 5 aromatic rings. The molecule has 3 aromatic heterocycles. The summed E-state index contributed by atoms with van der Waals surface area (Å²) in [6.45, 7) is 18.2. The molecule has 2 aromatic carbocycles. The number of β-amino-alcohol motifs (C(OH)–C–C–N with tert-alkyl or cyclic N) is 1. The molecule has 1 aliphatic heterocycles. The third kappa shape index (κ3) is 12.2. The van der Waals surface area contributed by atoms with Crippen LogP contribution in [-0.4, -0.2) is 106 Å². The van der Waals surface area contributed by atoms with Crippen molar-refractivity contribution in [1.82, 2.24) is 29.7 Å². The van der Waals surface area contributed by atoms with Crippen molar-refractivity contribution in [3.05, 3.63) is 87.2 Å². The maximum atomic E-state index is 12.7. The molecule has 4 N–H and O–H groups in total. The van der Waals surface area contributed by atoms with E-state index in [1.54, 1.807) is 6.07 Å². The summed E-state index contributed by atoms with van der Waals surface area (Å²) >= 11 is 13.5. The first-order chi connectivity index (χ1) is 26.6. The van der Waals surface area contributed by atoms with Crippen LogP contribution < -0.4 is 20.9 Å². The normalized spacial score (nSPS) is 13.7. The SMILES string of the molecule is CCN(CC)CCCC(C)Nc1ccnc2cc(Cl)ccc12.Cc1nc(Nc2ncc(C(=O)Nc3c(C)cccc3Cl)s2)cc(N2CCN(CCO)CC2)n1. The minimum Gasteiger partial charge on any atom is -0.395 e. The van der Waals surface area contributed by atoms with Crippen molar-refractivity contribution < 1.29 is 9.90 Å². The van der Waals surface area contributed by atoms with E-state index in [2.05, 4.69) is 71.4 Å². The van der Waals surface area contributed by atoms with Gasteiger partial charge in [0.05, 0.1) is 29.0 Å². The van der Waals surface area contributed by atoms with Crippen LogP contribution in [0.1, 0.15) is 54.7 Å². The zero-order valence-corrected chi connectivity index (χ0v) is 34.6. The molecule has 294 valence electrons. The van der Waals surface area contributed by atoms with E-state index in [9.17, 15) is 4.79 Å². The number of nitrogens with zero attached hydrogens (tertiary/aromatic N) is 7. The molecule has 0 radical (unpaired) electrons. The zero-order valence-electron chi connectivity index (χ0n) is 32.3. The lowest BCUT2D eigenvalue weighted by Crippen LogP contribution is -2.47. The summed E-state index contributed by atoms with van der Waals surface area (Å²) in [5.41, 5.74) is 3.56. The molecule has 1 fully saturated rings. The van der Waals surface area contributed by atoms with Crippen LogP contribution in [-0.2, 0) is 0 Å². The van der Waals surface area contributed by atoms with Gasteiger partial charge in [0, 0.05) is 67.1 Å². The number of aliphatic hydroxyl groups excluding tert-OH is 1. The number of hydrogen-bond donors (Lipinski definition) is 4. The van der Waals surface area contributed by atoms with E-state index in [0.717, 1.165) is 78.7 Å². The predicted octanol–water partition coefficient (Wildman–Crippen LogP) is 8.12. The van der Waals surface area contributed by atoms with Crippen LogP contribution in [0.4, 0.5) is 28.1 Å². The lowest BCUT2D eigenvalue weighted by molar-refractivity contribution is 0.103. The highest BCUT2D eigenvalue weighted by Gasteiger charge is 2.20. The number of carbonyl (C=O) groups excluding carboxylic acids is 1. The van der Waals surface area contributed by atoms with E-state index in [4.69, 9.17) is 28.3 Å². The van der Waals surface area contributed by atoms with Gasteiger partial charge in [-0.15, -0.1) is 0 Å². The van der Waals surface area contributed by atoms with E-state index in [1.165, 1.54) is 30.5 Å². The number of aryl methyl sites for hydroxylation is 2. The lowest BCUT2D eigenvalue weighted by atomic mass is 10.1. The number of carbonyl (C=O) groups is 1. The van der Waals surface area contributed by atoms with Crippen molar-refractivity contribution in [2.45, 2.75) is 53.5 Å². The molecule has 1 atom stereocenters. The summed E-state index contributed by atoms with van der Waals surface area (Å²) in [7, 11) is 0. The lowest BCUT2D eigenvalue weighted by Gasteiger charge is -2.35. The Bertz CT molecular complexity index is 1980. The van der Waals surface area contributed by atoms with Crippen molar-refractivity contribution in [1.29, 1.82) is 0 Å². The summed E-state index contributed by atoms with van der Waals surface area (Å²) in [5, 5.41) is 21.7. The van der Waals surface area contributed by atoms with E-state index >= 15 is 0 Å². The highest BCUT2D eigenvalue weighted by molar-refractivity contribution is 7.17. The number of rotatable bonds is 15. The van der Waals surface area contributed by atoms with Crippen LogP contribution in [0.15, 0.2) is 60.9 Å². The number of anilines is 5. The minimum atomic E-state index is -0.267. The number of thiazole rings is 1. The van der Waals surface area contributed by atoms with E-state index in [-0.39, 0.29) is 12.5 Å². The Labute approximate surface area is 338 Å². The molecule has 1 amide bonds. The standard InChI is InChI=1S/C22H26ClN7O2S.C18H26ClN3/c1-14-4-3-5-16(23)20(14)28-21(32)17-13-24-22(33-17)27-18-12-19(26-15(2)25-18)30-8-6-29(7-9-30)10-11-31;1-4-22(5-2)12-6-7-14(3)21-17-10-11-20-18-13-15(19)8-9-16(17)18/h3-5,12-13,31H,6-11H2,1-2H3,(H,28,32)(H,24,25,26,27);8-11,13-14H,4-7,12H2,1-3H3,(H,20,21). The molecule has 0 bridgehead atoms. The maximum absolute atomic E-state index is 12.7. The quantitative estimate of drug-likeness (QED) is 0.0817. The monoisotopic (exact) mass is 806 g/mol. The van der Waals surface area contributed by atoms with E-state index < -0.39 is 0 Å². The molecule has 1 unspecified atom stereocenters. The first kappa shape index (κ1) is 42.0. The second kappa shape index (κ2) is 20.7. The molecule has 0 saturated carbocycles. The van der Waals surface area contributed by atoms with Gasteiger partial charge >= 0.3 is 0 Å². The van der Waals surface area contributed by atoms with Gasteiger partial charge in [-0.05, 0) is 89.1 Å². The van der Waals surface area contributed by atoms with Crippen LogP contribution in [0.25, 0.3) is 10.9 Å². The van der Waals surface area contributed by atoms with E-state index in [0.29, 0.717) is 44.9 Å². The Balaban J connectivity index is 0.000000229. The highest BCUT2D eigenvalue weighted by Crippen LogP contribution is 2.29. The first-order valence-corrected chi connectivity index (χ1v) is 20.4. The Morgan fingerprint density at radius 3 is 2.53 bits per heavy atom. The van der Waals surface area contributed by atoms with E-state index in [1.807, 2.05) is 62.5 Å². The topological polar surface area (TPSA) is 135 Å². The third-order valence-electron chi connectivity index (χ3n) is 9.47. The molecular formula is C40H52Cl2N10O2S. The number of halogens is 2. The van der Waals surface area contributed by atoms with Crippen LogP contribution in [0.5, 0.6) is 0 Å². The number of benzene rings is 2. The van der Waals surface area contributed by atoms with Gasteiger partial charge in [-0.3, -0.25) is 14.7 Å². The summed E-state index contributed by atoms with van der Waals surface area (Å²) < 4.78 is 0. The fourth-order valence-electron chi connectivity index (χ4n) is 6.38. The number of pyridine rings is 1. The number of aromatic nitrogens is 4. The molecule has 15 heteroatoms. The average molecular weight is 808 g/mol. The van der Waals surface area contributed by atoms with Gasteiger partial charge in [-0.25, -0.2) is 15.0 Å². The van der Waals surface area contributed by atoms with Gasteiger partial charge in [0.25, 0.3) is 5.91 Å². The number of para-hydroxylation sites is 1. The van der Waals surface area contributed by atoms with Crippen LogP contribution in [0.3, 0.4) is 0 Å². The first-order valence-electron chi connectivity index (χ1n) is 18.8. The van der Waals surface area contributed by atoms with Crippen molar-refractivity contribution in [2.24, 2.45) is 0 Å². The van der Waals surface area contributed by atoms with Crippen molar-refractivity contribution in [3.8, 4) is 0 Å². The fourth-order valence-corrected chi connectivity index (χ4v) is 7.53. The van der Waals surface area contributed by atoms with Crippen molar-refractivity contribution in [3.63, 3.8) is 0 Å². The molecule has 4 heterocycles. The Kier molecular flexibility index (Phi) is 15.8. The fraction of sp³-hybridized carbons (Fsp3) is 0.425. The second-order valence-corrected chi connectivity index (χ2v) is 15.4. The maximum Gasteiger partial charge on any atom is 0.267 e. The molecule has 0 spiro atoms. The van der Waals surface area contributed by atoms with Gasteiger partial charge in [0.15, 0.2) is 5.13 Å². The number of amides is 1. The van der Waals surface area contributed by atoms with Gasteiger partial charge in [-0.2, -0.15) is 0 Å². The van der Waals surface area contributed by atoms with Gasteiger partial charge < -0.3 is 30.9 Å². The number of hydrogen-bond acceptors (Lipinski definition) is 12. The summed E-state index contributed by atoms with van der Waals surface area (Å²) in [6.07, 6.45) is 5.74. The highest BCUT2D eigenvalue weighted by atomic mass is 35.5. The van der Waals surface area contributed by atoms with Crippen molar-refractivity contribution >= 4 is 79.5 Å². The Morgan fingerprint density at radius 2 is 1.80 bits per heavy atom. The molecule has 0 aliphatic carbocycles. The Morgan fingerprint density at radius 1 is 1.02 bits per heavy atom. The number of aliphatic hydroxyl groups is 1. The molecule has 12 nitrogen and oxygen atoms in total. The van der Waals surface area contributed by atoms with Crippen LogP contribution in [0, 0.1) is 13.8 Å². The largest absolute Gasteiger partial charge is 0.395 e. The molecule has 1 saturated heterocycles. The number of nitrogens with one attached hydrogen (secondary N) is 3. The summed E-state index contributed by atoms with van der Waals surface area (Å²) in [5.74, 6) is 1.85. The summed E-state index contributed by atoms with van der Waals surface area (Å²) in [6, 6.07) is 15.7.